The van der Waals surface area contributed by atoms with Gasteiger partial charge in [-0.3, -0.25) is 0 Å². The van der Waals surface area contributed by atoms with Gasteiger partial charge in [0.1, 0.15) is 5.75 Å². The second-order valence-electron chi connectivity index (χ2n) is 3.98. The lowest BCUT2D eigenvalue weighted by atomic mass is 10.0. The summed E-state index contributed by atoms with van der Waals surface area (Å²) in [5.74, 6) is 1.51. The molecule has 1 N–H and O–H groups in total. The van der Waals surface area contributed by atoms with Gasteiger partial charge < -0.3 is 10.1 Å². The highest BCUT2D eigenvalue weighted by Crippen LogP contribution is 2.19. The fraction of sp³-hybridized carbons (Fsp3) is 0.500. The zero-order valence-corrected chi connectivity index (χ0v) is 9.46. The number of halogens is 1. The van der Waals surface area contributed by atoms with E-state index in [-0.39, 0.29) is 0 Å². The second-order valence-corrected chi connectivity index (χ2v) is 4.42. The minimum atomic E-state index is 0.637. The van der Waals surface area contributed by atoms with E-state index in [0.717, 1.165) is 30.5 Å². The Morgan fingerprint density at radius 3 is 3.13 bits per heavy atom. The molecule has 1 aliphatic rings. The van der Waals surface area contributed by atoms with Crippen LogP contribution in [0.15, 0.2) is 24.3 Å². The third-order valence-corrected chi connectivity index (χ3v) is 2.92. The first-order valence-corrected chi connectivity index (χ1v) is 5.81. The number of hydrogen-bond acceptors (Lipinski definition) is 2. The molecule has 2 rings (SSSR count). The van der Waals surface area contributed by atoms with Gasteiger partial charge in [0.05, 0.1) is 6.61 Å². The fourth-order valence-electron chi connectivity index (χ4n) is 1.84. The monoisotopic (exact) mass is 225 g/mol. The Labute approximate surface area is 95.6 Å². The molecule has 1 heterocycles. The van der Waals surface area contributed by atoms with Gasteiger partial charge in [-0.05, 0) is 37.6 Å². The highest BCUT2D eigenvalue weighted by atomic mass is 35.5. The van der Waals surface area contributed by atoms with Gasteiger partial charge >= 0.3 is 0 Å². The van der Waals surface area contributed by atoms with Gasteiger partial charge in [-0.15, -0.1) is 0 Å². The van der Waals surface area contributed by atoms with Crippen LogP contribution in [-0.4, -0.2) is 19.7 Å². The number of hydrogen-bond donors (Lipinski definition) is 1. The first kappa shape index (κ1) is 10.8. The quantitative estimate of drug-likeness (QED) is 0.854. The van der Waals surface area contributed by atoms with Crippen molar-refractivity contribution >= 4 is 11.6 Å². The molecule has 1 unspecified atom stereocenters. The number of nitrogens with one attached hydrogen (secondary N) is 1. The van der Waals surface area contributed by atoms with E-state index in [2.05, 4.69) is 5.32 Å². The standard InChI is InChI=1S/C12H16ClNO/c13-11-4-1-5-12(7-11)15-9-10-3-2-6-14-8-10/h1,4-5,7,10,14H,2-3,6,8-9H2. The number of ether oxygens (including phenoxy) is 1. The van der Waals surface area contributed by atoms with Gasteiger partial charge in [0.2, 0.25) is 0 Å². The Hall–Kier alpha value is -0.730. The lowest BCUT2D eigenvalue weighted by Gasteiger charge is -2.22. The third kappa shape index (κ3) is 3.40. The molecule has 2 nitrogen and oxygen atoms in total. The van der Waals surface area contributed by atoms with Crippen LogP contribution >= 0.6 is 11.6 Å². The van der Waals surface area contributed by atoms with Crippen LogP contribution in [0.5, 0.6) is 5.75 Å². The Kier molecular flexibility index (Phi) is 3.87. The van der Waals surface area contributed by atoms with Crippen LogP contribution in [0.3, 0.4) is 0 Å². The Morgan fingerprint density at radius 1 is 1.47 bits per heavy atom. The number of piperidine rings is 1. The van der Waals surface area contributed by atoms with Crippen molar-refractivity contribution in [3.05, 3.63) is 29.3 Å². The van der Waals surface area contributed by atoms with Crippen LogP contribution in [0, 0.1) is 5.92 Å². The molecule has 1 fully saturated rings. The molecule has 0 saturated carbocycles. The third-order valence-electron chi connectivity index (χ3n) is 2.68. The molecule has 0 amide bonds. The van der Waals surface area contributed by atoms with Crippen LogP contribution in [0.2, 0.25) is 5.02 Å². The molecule has 1 saturated heterocycles. The fourth-order valence-corrected chi connectivity index (χ4v) is 2.02. The summed E-state index contributed by atoms with van der Waals surface area (Å²) in [6, 6.07) is 7.58. The number of benzene rings is 1. The normalized spacial score (nSPS) is 21.3. The average Bonchev–Trinajstić information content (AvgIpc) is 2.28. The van der Waals surface area contributed by atoms with E-state index in [9.17, 15) is 0 Å². The minimum absolute atomic E-state index is 0.637. The van der Waals surface area contributed by atoms with Crippen LogP contribution in [0.25, 0.3) is 0 Å². The number of rotatable bonds is 3. The maximum Gasteiger partial charge on any atom is 0.120 e. The molecule has 1 aromatic rings. The van der Waals surface area contributed by atoms with Crippen LogP contribution < -0.4 is 10.1 Å². The Bertz CT molecular complexity index is 310. The molecule has 0 aliphatic carbocycles. The molecular weight excluding hydrogens is 210 g/mol. The average molecular weight is 226 g/mol. The Balaban J connectivity index is 1.81. The molecule has 3 heteroatoms. The van der Waals surface area contributed by atoms with Crippen LogP contribution in [0.4, 0.5) is 0 Å². The van der Waals surface area contributed by atoms with E-state index >= 15 is 0 Å². The molecular formula is C12H16ClNO. The molecule has 0 bridgehead atoms. The highest BCUT2D eigenvalue weighted by Gasteiger charge is 2.13. The van der Waals surface area contributed by atoms with E-state index < -0.39 is 0 Å². The predicted molar refractivity (Wildman–Crippen MR) is 62.5 cm³/mol. The van der Waals surface area contributed by atoms with Crippen molar-refractivity contribution in [2.75, 3.05) is 19.7 Å². The predicted octanol–water partition coefficient (Wildman–Crippen LogP) is 2.72. The minimum Gasteiger partial charge on any atom is -0.493 e. The van der Waals surface area contributed by atoms with Gasteiger partial charge in [-0.25, -0.2) is 0 Å². The summed E-state index contributed by atoms with van der Waals surface area (Å²) < 4.78 is 5.70. The van der Waals surface area contributed by atoms with E-state index in [4.69, 9.17) is 16.3 Å². The lowest BCUT2D eigenvalue weighted by Crippen LogP contribution is -2.33. The summed E-state index contributed by atoms with van der Waals surface area (Å²) in [6.07, 6.45) is 2.51. The summed E-state index contributed by atoms with van der Waals surface area (Å²) >= 11 is 5.87. The first-order chi connectivity index (χ1) is 7.34. The van der Waals surface area contributed by atoms with E-state index in [1.807, 2.05) is 24.3 Å². The summed E-state index contributed by atoms with van der Waals surface area (Å²) in [5, 5.41) is 4.11. The van der Waals surface area contributed by atoms with Crippen molar-refractivity contribution in [1.82, 2.24) is 5.32 Å². The van der Waals surface area contributed by atoms with E-state index in [0.29, 0.717) is 5.92 Å². The van der Waals surface area contributed by atoms with Gasteiger partial charge in [0.15, 0.2) is 0 Å². The van der Waals surface area contributed by atoms with Crippen LogP contribution in [0.1, 0.15) is 12.8 Å². The van der Waals surface area contributed by atoms with Gasteiger partial charge in [-0.2, -0.15) is 0 Å². The van der Waals surface area contributed by atoms with E-state index in [1.165, 1.54) is 12.8 Å². The molecule has 0 radical (unpaired) electrons. The summed E-state index contributed by atoms with van der Waals surface area (Å²) in [5.41, 5.74) is 0. The first-order valence-electron chi connectivity index (χ1n) is 5.44. The zero-order valence-electron chi connectivity index (χ0n) is 8.71. The SMILES string of the molecule is Clc1cccc(OCC2CCCNC2)c1. The van der Waals surface area contributed by atoms with Crippen molar-refractivity contribution in [3.8, 4) is 5.75 Å². The van der Waals surface area contributed by atoms with Crippen molar-refractivity contribution in [2.24, 2.45) is 5.92 Å². The molecule has 82 valence electrons. The van der Waals surface area contributed by atoms with Crippen molar-refractivity contribution in [2.45, 2.75) is 12.8 Å². The Morgan fingerprint density at radius 2 is 2.40 bits per heavy atom. The maximum absolute atomic E-state index is 5.87. The largest absolute Gasteiger partial charge is 0.493 e. The van der Waals surface area contributed by atoms with Gasteiger partial charge in [0, 0.05) is 17.5 Å². The summed E-state index contributed by atoms with van der Waals surface area (Å²) in [6.45, 7) is 3.00. The van der Waals surface area contributed by atoms with E-state index in [1.54, 1.807) is 0 Å². The van der Waals surface area contributed by atoms with Gasteiger partial charge in [0.25, 0.3) is 0 Å². The maximum atomic E-state index is 5.87. The molecule has 15 heavy (non-hydrogen) atoms. The lowest BCUT2D eigenvalue weighted by molar-refractivity contribution is 0.218. The van der Waals surface area contributed by atoms with Crippen LogP contribution in [-0.2, 0) is 0 Å². The molecule has 1 aliphatic heterocycles. The van der Waals surface area contributed by atoms with Crippen molar-refractivity contribution in [3.63, 3.8) is 0 Å². The van der Waals surface area contributed by atoms with Crippen molar-refractivity contribution in [1.29, 1.82) is 0 Å². The summed E-state index contributed by atoms with van der Waals surface area (Å²) in [7, 11) is 0. The molecule has 1 atom stereocenters. The molecule has 1 aromatic carbocycles. The summed E-state index contributed by atoms with van der Waals surface area (Å²) in [4.78, 5) is 0. The van der Waals surface area contributed by atoms with Crippen molar-refractivity contribution < 1.29 is 4.74 Å². The highest BCUT2D eigenvalue weighted by molar-refractivity contribution is 6.30. The molecule has 0 aromatic heterocycles. The van der Waals surface area contributed by atoms with Gasteiger partial charge in [-0.1, -0.05) is 17.7 Å². The smallest absolute Gasteiger partial charge is 0.120 e. The molecule has 0 spiro atoms. The second kappa shape index (κ2) is 5.38. The zero-order chi connectivity index (χ0) is 10.5. The topological polar surface area (TPSA) is 21.3 Å².